The molecule has 1 aliphatic rings. The van der Waals surface area contributed by atoms with Crippen LogP contribution in [0.2, 0.25) is 0 Å². The molecular formula is C21H24N2O2. The normalized spacial score (nSPS) is 14.7. The number of hydrogen-bond donors (Lipinski definition) is 2. The van der Waals surface area contributed by atoms with Crippen molar-refractivity contribution in [2.24, 2.45) is 5.41 Å². The van der Waals surface area contributed by atoms with Gasteiger partial charge in [0.25, 0.3) is 0 Å². The van der Waals surface area contributed by atoms with Gasteiger partial charge in [0.15, 0.2) is 0 Å². The van der Waals surface area contributed by atoms with E-state index in [0.717, 1.165) is 33.6 Å². The van der Waals surface area contributed by atoms with E-state index in [2.05, 4.69) is 10.6 Å². The minimum absolute atomic E-state index is 0.214. The highest BCUT2D eigenvalue weighted by Gasteiger charge is 2.56. The molecule has 0 radical (unpaired) electrons. The van der Waals surface area contributed by atoms with Crippen molar-refractivity contribution in [1.82, 2.24) is 0 Å². The molecule has 0 atom stereocenters. The van der Waals surface area contributed by atoms with Crippen molar-refractivity contribution in [2.75, 3.05) is 10.6 Å². The summed E-state index contributed by atoms with van der Waals surface area (Å²) in [4.78, 5) is 25.7. The van der Waals surface area contributed by atoms with Crippen LogP contribution in [0.5, 0.6) is 0 Å². The Morgan fingerprint density at radius 3 is 1.32 bits per heavy atom. The molecule has 1 fully saturated rings. The summed E-state index contributed by atoms with van der Waals surface area (Å²) in [7, 11) is 0. The van der Waals surface area contributed by atoms with Crippen molar-refractivity contribution in [3.05, 3.63) is 58.7 Å². The van der Waals surface area contributed by atoms with Gasteiger partial charge >= 0.3 is 0 Å². The van der Waals surface area contributed by atoms with Crippen LogP contribution in [0, 0.1) is 33.1 Å². The van der Waals surface area contributed by atoms with Crippen LogP contribution < -0.4 is 10.6 Å². The van der Waals surface area contributed by atoms with Crippen molar-refractivity contribution in [3.8, 4) is 0 Å². The van der Waals surface area contributed by atoms with Gasteiger partial charge in [0.05, 0.1) is 0 Å². The molecule has 4 heteroatoms. The van der Waals surface area contributed by atoms with Crippen molar-refractivity contribution in [2.45, 2.75) is 40.5 Å². The Hall–Kier alpha value is -2.62. The van der Waals surface area contributed by atoms with Gasteiger partial charge in [-0.15, -0.1) is 0 Å². The standard InChI is InChI=1S/C21H24N2O2/c1-13-7-5-8-14(2)17(13)22-19(24)21(11-12-21)20(25)23-18-15(3)9-6-10-16(18)4/h5-10H,11-12H2,1-4H3,(H,22,24)(H,23,25). The average Bonchev–Trinajstić information content (AvgIpc) is 3.36. The van der Waals surface area contributed by atoms with Gasteiger partial charge in [0.1, 0.15) is 5.41 Å². The number of anilines is 2. The number of para-hydroxylation sites is 2. The van der Waals surface area contributed by atoms with Gasteiger partial charge in [-0.25, -0.2) is 0 Å². The number of amides is 2. The van der Waals surface area contributed by atoms with Crippen LogP contribution in [0.3, 0.4) is 0 Å². The number of carbonyl (C=O) groups excluding carboxylic acids is 2. The highest BCUT2D eigenvalue weighted by Crippen LogP contribution is 2.48. The Morgan fingerprint density at radius 1 is 0.720 bits per heavy atom. The zero-order valence-electron chi connectivity index (χ0n) is 15.2. The summed E-state index contributed by atoms with van der Waals surface area (Å²) in [6, 6.07) is 11.7. The Labute approximate surface area is 148 Å². The Balaban J connectivity index is 1.80. The molecule has 3 rings (SSSR count). The molecule has 2 aromatic carbocycles. The summed E-state index contributed by atoms with van der Waals surface area (Å²) in [5.74, 6) is -0.428. The first-order valence-corrected chi connectivity index (χ1v) is 8.60. The van der Waals surface area contributed by atoms with E-state index in [4.69, 9.17) is 0 Å². The predicted octanol–water partition coefficient (Wildman–Crippen LogP) is 4.28. The van der Waals surface area contributed by atoms with Crippen LogP contribution in [0.4, 0.5) is 11.4 Å². The molecule has 0 heterocycles. The van der Waals surface area contributed by atoms with Gasteiger partial charge in [-0.3, -0.25) is 9.59 Å². The largest absolute Gasteiger partial charge is 0.325 e. The Morgan fingerprint density at radius 2 is 1.04 bits per heavy atom. The van der Waals surface area contributed by atoms with Gasteiger partial charge < -0.3 is 10.6 Å². The summed E-state index contributed by atoms with van der Waals surface area (Å²) >= 11 is 0. The molecule has 0 saturated heterocycles. The molecule has 0 aliphatic heterocycles. The number of aryl methyl sites for hydroxylation is 4. The van der Waals surface area contributed by atoms with Crippen LogP contribution in [0.1, 0.15) is 35.1 Å². The van der Waals surface area contributed by atoms with Crippen LogP contribution in [0.15, 0.2) is 36.4 Å². The molecule has 0 bridgehead atoms. The molecule has 2 aromatic rings. The Bertz CT molecular complexity index is 743. The third kappa shape index (κ3) is 3.16. The molecule has 130 valence electrons. The first-order chi connectivity index (χ1) is 11.8. The first-order valence-electron chi connectivity index (χ1n) is 8.60. The number of carbonyl (C=O) groups is 2. The fraction of sp³-hybridized carbons (Fsp3) is 0.333. The van der Waals surface area contributed by atoms with E-state index in [0.29, 0.717) is 12.8 Å². The summed E-state index contributed by atoms with van der Waals surface area (Å²) in [5, 5.41) is 5.95. The minimum Gasteiger partial charge on any atom is -0.325 e. The topological polar surface area (TPSA) is 58.2 Å². The van der Waals surface area contributed by atoms with Gasteiger partial charge in [0, 0.05) is 11.4 Å². The summed E-state index contributed by atoms with van der Waals surface area (Å²) in [6.07, 6.45) is 1.17. The number of nitrogens with one attached hydrogen (secondary N) is 2. The second kappa shape index (κ2) is 6.36. The van der Waals surface area contributed by atoms with Gasteiger partial charge in [-0.05, 0) is 62.8 Å². The highest BCUT2D eigenvalue weighted by atomic mass is 16.2. The first kappa shape index (κ1) is 17.2. The molecule has 1 aliphatic carbocycles. The Kier molecular flexibility index (Phi) is 4.38. The molecule has 2 N–H and O–H groups in total. The fourth-order valence-electron chi connectivity index (χ4n) is 3.17. The molecule has 0 unspecified atom stereocenters. The molecule has 0 aromatic heterocycles. The van der Waals surface area contributed by atoms with E-state index in [-0.39, 0.29) is 11.8 Å². The second-order valence-electron chi connectivity index (χ2n) is 7.02. The molecular weight excluding hydrogens is 312 g/mol. The average molecular weight is 336 g/mol. The van der Waals surface area contributed by atoms with Gasteiger partial charge in [0.2, 0.25) is 11.8 Å². The maximum Gasteiger partial charge on any atom is 0.240 e. The van der Waals surface area contributed by atoms with E-state index in [1.54, 1.807) is 0 Å². The van der Waals surface area contributed by atoms with E-state index in [1.165, 1.54) is 0 Å². The van der Waals surface area contributed by atoms with Crippen LogP contribution in [-0.2, 0) is 9.59 Å². The van der Waals surface area contributed by atoms with E-state index >= 15 is 0 Å². The quantitative estimate of drug-likeness (QED) is 0.819. The smallest absolute Gasteiger partial charge is 0.240 e. The van der Waals surface area contributed by atoms with Crippen molar-refractivity contribution >= 4 is 23.2 Å². The number of benzene rings is 2. The fourth-order valence-corrected chi connectivity index (χ4v) is 3.17. The van der Waals surface area contributed by atoms with Gasteiger partial charge in [-0.1, -0.05) is 36.4 Å². The zero-order valence-corrected chi connectivity index (χ0v) is 15.2. The van der Waals surface area contributed by atoms with Gasteiger partial charge in [-0.2, -0.15) is 0 Å². The lowest BCUT2D eigenvalue weighted by atomic mass is 10.0. The van der Waals surface area contributed by atoms with Crippen molar-refractivity contribution in [3.63, 3.8) is 0 Å². The summed E-state index contributed by atoms with van der Waals surface area (Å²) < 4.78 is 0. The third-order valence-electron chi connectivity index (χ3n) is 5.06. The maximum absolute atomic E-state index is 12.8. The third-order valence-corrected chi connectivity index (χ3v) is 5.06. The van der Waals surface area contributed by atoms with E-state index in [1.807, 2.05) is 64.1 Å². The van der Waals surface area contributed by atoms with Crippen LogP contribution >= 0.6 is 0 Å². The van der Waals surface area contributed by atoms with E-state index in [9.17, 15) is 9.59 Å². The molecule has 0 spiro atoms. The lowest BCUT2D eigenvalue weighted by Gasteiger charge is -2.19. The number of hydrogen-bond acceptors (Lipinski definition) is 2. The lowest BCUT2D eigenvalue weighted by molar-refractivity contribution is -0.131. The van der Waals surface area contributed by atoms with Crippen molar-refractivity contribution < 1.29 is 9.59 Å². The molecule has 1 saturated carbocycles. The summed E-state index contributed by atoms with van der Waals surface area (Å²) in [6.45, 7) is 7.83. The highest BCUT2D eigenvalue weighted by molar-refractivity contribution is 6.17. The molecule has 25 heavy (non-hydrogen) atoms. The predicted molar refractivity (Wildman–Crippen MR) is 101 cm³/mol. The molecule has 4 nitrogen and oxygen atoms in total. The maximum atomic E-state index is 12.8. The van der Waals surface area contributed by atoms with Crippen LogP contribution in [-0.4, -0.2) is 11.8 Å². The monoisotopic (exact) mass is 336 g/mol. The minimum atomic E-state index is -0.955. The zero-order chi connectivity index (χ0) is 18.2. The summed E-state index contributed by atoms with van der Waals surface area (Å²) in [5.41, 5.74) is 4.65. The van der Waals surface area contributed by atoms with Crippen LogP contribution in [0.25, 0.3) is 0 Å². The second-order valence-corrected chi connectivity index (χ2v) is 7.02. The molecule has 2 amide bonds. The van der Waals surface area contributed by atoms with Crippen molar-refractivity contribution in [1.29, 1.82) is 0 Å². The SMILES string of the molecule is Cc1cccc(C)c1NC(=O)C1(C(=O)Nc2c(C)cccc2C)CC1. The van der Waals surface area contributed by atoms with E-state index < -0.39 is 5.41 Å². The number of rotatable bonds is 4. The lowest BCUT2D eigenvalue weighted by Crippen LogP contribution is -2.36.